The molecule has 1 aliphatic rings. The van der Waals surface area contributed by atoms with Crippen molar-refractivity contribution in [3.63, 3.8) is 0 Å². The minimum absolute atomic E-state index is 0.180. The molecule has 1 atom stereocenters. The minimum atomic E-state index is -0.903. The zero-order valence-corrected chi connectivity index (χ0v) is 19.0. The van der Waals surface area contributed by atoms with E-state index in [2.05, 4.69) is 11.9 Å². The molecule has 6 nitrogen and oxygen atoms in total. The number of amides is 1. The van der Waals surface area contributed by atoms with E-state index in [1.165, 1.54) is 7.11 Å². The fourth-order valence-corrected chi connectivity index (χ4v) is 2.93. The summed E-state index contributed by atoms with van der Waals surface area (Å²) in [6, 6.07) is 4.73. The van der Waals surface area contributed by atoms with Crippen LogP contribution in [0.4, 0.5) is 4.79 Å². The molecule has 1 saturated carbocycles. The van der Waals surface area contributed by atoms with Crippen LogP contribution in [0.3, 0.4) is 0 Å². The molecule has 0 saturated heterocycles. The average molecular weight is 436 g/mol. The summed E-state index contributed by atoms with van der Waals surface area (Å²) < 4.78 is 15.8. The van der Waals surface area contributed by atoms with Gasteiger partial charge in [-0.05, 0) is 63.8 Å². The zero-order chi connectivity index (χ0) is 22.5. The first-order valence-corrected chi connectivity index (χ1v) is 10.3. The number of allylic oxidation sites excluding steroid dienone is 2. The van der Waals surface area contributed by atoms with Gasteiger partial charge in [-0.25, -0.2) is 9.59 Å². The molecule has 0 aliphatic heterocycles. The van der Waals surface area contributed by atoms with Gasteiger partial charge < -0.3 is 19.5 Å². The maximum atomic E-state index is 12.1. The summed E-state index contributed by atoms with van der Waals surface area (Å²) in [4.78, 5) is 24.1. The largest absolute Gasteiger partial charge is 0.489 e. The van der Waals surface area contributed by atoms with Gasteiger partial charge in [-0.1, -0.05) is 35.9 Å². The summed E-state index contributed by atoms with van der Waals surface area (Å²) >= 11 is 6.34. The van der Waals surface area contributed by atoms with Gasteiger partial charge in [0.1, 0.15) is 17.4 Å². The molecular formula is C23H30ClNO5. The topological polar surface area (TPSA) is 73.9 Å². The van der Waals surface area contributed by atoms with E-state index >= 15 is 0 Å². The predicted octanol–water partition coefficient (Wildman–Crippen LogP) is 5.30. The Labute approximate surface area is 183 Å². The summed E-state index contributed by atoms with van der Waals surface area (Å²) in [6.07, 6.45) is 3.74. The minimum Gasteiger partial charge on any atom is -0.489 e. The lowest BCUT2D eigenvalue weighted by molar-refractivity contribution is -0.143. The Morgan fingerprint density at radius 2 is 2.00 bits per heavy atom. The molecule has 0 bridgehead atoms. The Kier molecular flexibility index (Phi) is 7.96. The molecule has 0 unspecified atom stereocenters. The Morgan fingerprint density at radius 3 is 2.53 bits per heavy atom. The standard InChI is InChI=1S/C23H30ClNO5/c1-14(12-19(21(26)28-6)25-22(27)30-23(3,4)5)11-15(2)16-7-10-20(18(24)13-16)29-17-8-9-17/h7,10-11,13,17,19H,1,8-9,12H2,2-6H3,(H,25,27)/b15-11+/t19-/m0/s1. The van der Waals surface area contributed by atoms with E-state index in [1.807, 2.05) is 31.2 Å². The number of ether oxygens (including phenoxy) is 3. The van der Waals surface area contributed by atoms with Gasteiger partial charge in [0.15, 0.2) is 0 Å². The van der Waals surface area contributed by atoms with E-state index in [1.54, 1.807) is 20.8 Å². The van der Waals surface area contributed by atoms with Crippen molar-refractivity contribution >= 4 is 29.2 Å². The molecule has 1 fully saturated rings. The molecule has 1 amide bonds. The highest BCUT2D eigenvalue weighted by molar-refractivity contribution is 6.32. The summed E-state index contributed by atoms with van der Waals surface area (Å²) in [5.41, 5.74) is 1.81. The molecule has 0 radical (unpaired) electrons. The third-order valence-electron chi connectivity index (χ3n) is 4.27. The molecule has 0 spiro atoms. The summed E-state index contributed by atoms with van der Waals surface area (Å²) in [5, 5.41) is 3.10. The fourth-order valence-electron chi connectivity index (χ4n) is 2.70. The molecule has 1 N–H and O–H groups in total. The SMILES string of the molecule is C=C(/C=C(\C)c1ccc(OC2CC2)c(Cl)c1)C[C@H](NC(=O)OC(C)(C)C)C(=O)OC. The summed E-state index contributed by atoms with van der Waals surface area (Å²) in [7, 11) is 1.27. The maximum Gasteiger partial charge on any atom is 0.408 e. The van der Waals surface area contributed by atoms with E-state index in [-0.39, 0.29) is 12.5 Å². The van der Waals surface area contributed by atoms with E-state index in [9.17, 15) is 9.59 Å². The van der Waals surface area contributed by atoms with E-state index in [0.717, 1.165) is 24.0 Å². The summed E-state index contributed by atoms with van der Waals surface area (Å²) in [6.45, 7) is 11.2. The van der Waals surface area contributed by atoms with Crippen molar-refractivity contribution in [3.8, 4) is 5.75 Å². The quantitative estimate of drug-likeness (QED) is 0.443. The molecule has 2 rings (SSSR count). The van der Waals surface area contributed by atoms with Crippen LogP contribution in [0.5, 0.6) is 5.75 Å². The van der Waals surface area contributed by atoms with Gasteiger partial charge in [-0.2, -0.15) is 0 Å². The number of esters is 1. The number of nitrogens with one attached hydrogen (secondary N) is 1. The molecule has 1 aromatic carbocycles. The number of benzene rings is 1. The maximum absolute atomic E-state index is 12.1. The Bertz CT molecular complexity index is 836. The van der Waals surface area contributed by atoms with Crippen molar-refractivity contribution in [3.05, 3.63) is 47.0 Å². The first kappa shape index (κ1) is 23.8. The number of hydrogen-bond donors (Lipinski definition) is 1. The number of hydrogen-bond acceptors (Lipinski definition) is 5. The number of alkyl carbamates (subject to hydrolysis) is 1. The van der Waals surface area contributed by atoms with Crippen molar-refractivity contribution in [2.45, 2.75) is 64.7 Å². The van der Waals surface area contributed by atoms with Crippen LogP contribution >= 0.6 is 11.6 Å². The van der Waals surface area contributed by atoms with Crippen molar-refractivity contribution < 1.29 is 23.8 Å². The second-order valence-corrected chi connectivity index (χ2v) is 8.78. The van der Waals surface area contributed by atoms with Gasteiger partial charge >= 0.3 is 12.1 Å². The molecular weight excluding hydrogens is 406 g/mol. The Hall–Kier alpha value is -2.47. The van der Waals surface area contributed by atoms with Crippen LogP contribution in [0.15, 0.2) is 36.4 Å². The van der Waals surface area contributed by atoms with E-state index < -0.39 is 23.7 Å². The van der Waals surface area contributed by atoms with Crippen molar-refractivity contribution in [1.82, 2.24) is 5.32 Å². The van der Waals surface area contributed by atoms with Crippen LogP contribution in [0.25, 0.3) is 5.57 Å². The second kappa shape index (κ2) is 10.0. The molecule has 0 aromatic heterocycles. The van der Waals surface area contributed by atoms with Crippen LogP contribution in [-0.2, 0) is 14.3 Å². The smallest absolute Gasteiger partial charge is 0.408 e. The molecule has 164 valence electrons. The highest BCUT2D eigenvalue weighted by atomic mass is 35.5. The van der Waals surface area contributed by atoms with Crippen LogP contribution in [0.2, 0.25) is 5.02 Å². The highest BCUT2D eigenvalue weighted by Crippen LogP contribution is 2.33. The van der Waals surface area contributed by atoms with Crippen LogP contribution in [0.1, 0.15) is 52.5 Å². The van der Waals surface area contributed by atoms with Gasteiger partial charge in [0, 0.05) is 6.42 Å². The first-order chi connectivity index (χ1) is 14.0. The Balaban J connectivity index is 2.05. The van der Waals surface area contributed by atoms with E-state index in [0.29, 0.717) is 16.3 Å². The van der Waals surface area contributed by atoms with E-state index in [4.69, 9.17) is 25.8 Å². The van der Waals surface area contributed by atoms with Gasteiger partial charge in [-0.15, -0.1) is 0 Å². The fraction of sp³-hybridized carbons (Fsp3) is 0.478. The first-order valence-electron chi connectivity index (χ1n) is 9.88. The van der Waals surface area contributed by atoms with Crippen molar-refractivity contribution in [2.24, 2.45) is 0 Å². The lowest BCUT2D eigenvalue weighted by atomic mass is 10.0. The molecule has 1 aromatic rings. The average Bonchev–Trinajstić information content (AvgIpc) is 3.44. The number of halogens is 1. The normalized spacial score (nSPS) is 15.2. The Morgan fingerprint density at radius 1 is 1.33 bits per heavy atom. The summed E-state index contributed by atoms with van der Waals surface area (Å²) in [5.74, 6) is 0.111. The van der Waals surface area contributed by atoms with Crippen LogP contribution in [-0.4, -0.2) is 36.9 Å². The molecule has 30 heavy (non-hydrogen) atoms. The highest BCUT2D eigenvalue weighted by Gasteiger charge is 2.26. The predicted molar refractivity (Wildman–Crippen MR) is 118 cm³/mol. The van der Waals surface area contributed by atoms with Gasteiger partial charge in [0.05, 0.1) is 18.2 Å². The number of rotatable bonds is 8. The molecule has 0 heterocycles. The van der Waals surface area contributed by atoms with Crippen LogP contribution < -0.4 is 10.1 Å². The number of carbonyl (C=O) groups is 2. The zero-order valence-electron chi connectivity index (χ0n) is 18.2. The van der Waals surface area contributed by atoms with Gasteiger partial charge in [0.25, 0.3) is 0 Å². The molecule has 7 heteroatoms. The van der Waals surface area contributed by atoms with Crippen LogP contribution in [0, 0.1) is 0 Å². The van der Waals surface area contributed by atoms with Crippen molar-refractivity contribution in [1.29, 1.82) is 0 Å². The lowest BCUT2D eigenvalue weighted by Crippen LogP contribution is -2.44. The van der Waals surface area contributed by atoms with Gasteiger partial charge in [0.2, 0.25) is 0 Å². The number of methoxy groups -OCH3 is 1. The molecule has 1 aliphatic carbocycles. The second-order valence-electron chi connectivity index (χ2n) is 8.37. The number of carbonyl (C=O) groups excluding carboxylic acids is 2. The third-order valence-corrected chi connectivity index (χ3v) is 4.56. The van der Waals surface area contributed by atoms with Crippen molar-refractivity contribution in [2.75, 3.05) is 7.11 Å². The monoisotopic (exact) mass is 435 g/mol. The lowest BCUT2D eigenvalue weighted by Gasteiger charge is -2.22. The van der Waals surface area contributed by atoms with Gasteiger partial charge in [-0.3, -0.25) is 0 Å². The third kappa shape index (κ3) is 7.75.